The number of aryl methyl sites for hydroxylation is 1. The SMILES string of the molecule is CCc1cccc(OCCC(=O)CO)c1. The molecule has 0 radical (unpaired) electrons. The number of ketones is 1. The second-order valence-corrected chi connectivity index (χ2v) is 3.30. The number of carbonyl (C=O) groups excluding carboxylic acids is 1. The number of ether oxygens (including phenoxy) is 1. The summed E-state index contributed by atoms with van der Waals surface area (Å²) < 4.78 is 5.39. The second-order valence-electron chi connectivity index (χ2n) is 3.30. The van der Waals surface area contributed by atoms with E-state index in [-0.39, 0.29) is 12.2 Å². The average Bonchev–Trinajstić information content (AvgIpc) is 2.29. The van der Waals surface area contributed by atoms with E-state index >= 15 is 0 Å². The Kier molecular flexibility index (Phi) is 4.84. The topological polar surface area (TPSA) is 46.5 Å². The Morgan fingerprint density at radius 3 is 2.93 bits per heavy atom. The quantitative estimate of drug-likeness (QED) is 0.772. The van der Waals surface area contributed by atoms with Crippen molar-refractivity contribution in [2.45, 2.75) is 19.8 Å². The highest BCUT2D eigenvalue weighted by atomic mass is 16.5. The maximum Gasteiger partial charge on any atom is 0.161 e. The minimum Gasteiger partial charge on any atom is -0.493 e. The highest BCUT2D eigenvalue weighted by molar-refractivity contribution is 5.79. The van der Waals surface area contributed by atoms with Crippen LogP contribution in [0.3, 0.4) is 0 Å². The first-order valence-electron chi connectivity index (χ1n) is 5.10. The van der Waals surface area contributed by atoms with Gasteiger partial charge in [0.2, 0.25) is 0 Å². The van der Waals surface area contributed by atoms with E-state index in [1.165, 1.54) is 5.56 Å². The van der Waals surface area contributed by atoms with Gasteiger partial charge in [0, 0.05) is 6.42 Å². The van der Waals surface area contributed by atoms with E-state index in [9.17, 15) is 4.79 Å². The van der Waals surface area contributed by atoms with Crippen LogP contribution in [0.5, 0.6) is 5.75 Å². The van der Waals surface area contributed by atoms with Crippen molar-refractivity contribution in [1.82, 2.24) is 0 Å². The molecule has 0 atom stereocenters. The molecule has 0 heterocycles. The number of benzene rings is 1. The molecule has 15 heavy (non-hydrogen) atoms. The van der Waals surface area contributed by atoms with Gasteiger partial charge in [-0.15, -0.1) is 0 Å². The smallest absolute Gasteiger partial charge is 0.161 e. The van der Waals surface area contributed by atoms with Crippen LogP contribution in [0.25, 0.3) is 0 Å². The molecule has 0 aliphatic rings. The van der Waals surface area contributed by atoms with Gasteiger partial charge in [-0.05, 0) is 24.1 Å². The van der Waals surface area contributed by atoms with E-state index in [1.54, 1.807) is 0 Å². The van der Waals surface area contributed by atoms with Gasteiger partial charge in [0.1, 0.15) is 12.4 Å². The van der Waals surface area contributed by atoms with Crippen LogP contribution in [0.15, 0.2) is 24.3 Å². The molecular weight excluding hydrogens is 192 g/mol. The number of hydrogen-bond acceptors (Lipinski definition) is 3. The molecule has 0 saturated carbocycles. The van der Waals surface area contributed by atoms with Crippen molar-refractivity contribution < 1.29 is 14.6 Å². The number of hydrogen-bond donors (Lipinski definition) is 1. The maximum absolute atomic E-state index is 10.8. The van der Waals surface area contributed by atoms with Gasteiger partial charge in [0.15, 0.2) is 5.78 Å². The summed E-state index contributed by atoms with van der Waals surface area (Å²) in [5.74, 6) is 0.585. The molecular formula is C12H16O3. The third-order valence-electron chi connectivity index (χ3n) is 2.13. The highest BCUT2D eigenvalue weighted by Crippen LogP contribution is 2.13. The van der Waals surface area contributed by atoms with Crippen LogP contribution in [0.1, 0.15) is 18.9 Å². The van der Waals surface area contributed by atoms with Gasteiger partial charge >= 0.3 is 0 Å². The number of carbonyl (C=O) groups is 1. The molecule has 1 N–H and O–H groups in total. The number of rotatable bonds is 6. The Balaban J connectivity index is 2.40. The zero-order chi connectivity index (χ0) is 11.1. The normalized spacial score (nSPS) is 10.0. The van der Waals surface area contributed by atoms with Crippen LogP contribution >= 0.6 is 0 Å². The maximum atomic E-state index is 10.8. The summed E-state index contributed by atoms with van der Waals surface area (Å²) in [6, 6.07) is 7.79. The van der Waals surface area contributed by atoms with Crippen molar-refractivity contribution in [2.24, 2.45) is 0 Å². The molecule has 0 fully saturated rings. The first-order valence-corrected chi connectivity index (χ1v) is 5.10. The Morgan fingerprint density at radius 1 is 1.47 bits per heavy atom. The van der Waals surface area contributed by atoms with Gasteiger partial charge < -0.3 is 9.84 Å². The van der Waals surface area contributed by atoms with Gasteiger partial charge in [-0.2, -0.15) is 0 Å². The van der Waals surface area contributed by atoms with E-state index in [0.717, 1.165) is 12.2 Å². The molecule has 3 heteroatoms. The second kappa shape index (κ2) is 6.19. The standard InChI is InChI=1S/C12H16O3/c1-2-10-4-3-5-12(8-10)15-7-6-11(14)9-13/h3-5,8,13H,2,6-7,9H2,1H3. The van der Waals surface area contributed by atoms with Crippen LogP contribution < -0.4 is 4.74 Å². The lowest BCUT2D eigenvalue weighted by molar-refractivity contribution is -0.122. The zero-order valence-electron chi connectivity index (χ0n) is 8.90. The van der Waals surface area contributed by atoms with E-state index in [2.05, 4.69) is 6.92 Å². The summed E-state index contributed by atoms with van der Waals surface area (Å²) in [6.45, 7) is 2.00. The van der Waals surface area contributed by atoms with Crippen molar-refractivity contribution in [3.63, 3.8) is 0 Å². The predicted octanol–water partition coefficient (Wildman–Crippen LogP) is 1.58. The zero-order valence-corrected chi connectivity index (χ0v) is 8.90. The molecule has 0 amide bonds. The van der Waals surface area contributed by atoms with E-state index in [4.69, 9.17) is 9.84 Å². The Morgan fingerprint density at radius 2 is 2.27 bits per heavy atom. The van der Waals surface area contributed by atoms with Crippen LogP contribution in [-0.4, -0.2) is 24.1 Å². The van der Waals surface area contributed by atoms with Gasteiger partial charge in [-0.3, -0.25) is 4.79 Å². The van der Waals surface area contributed by atoms with Gasteiger partial charge in [-0.25, -0.2) is 0 Å². The number of aliphatic hydroxyl groups is 1. The Labute approximate surface area is 89.7 Å². The minimum absolute atomic E-state index is 0.193. The third kappa shape index (κ3) is 4.13. The Hall–Kier alpha value is -1.35. The van der Waals surface area contributed by atoms with Crippen molar-refractivity contribution >= 4 is 5.78 Å². The van der Waals surface area contributed by atoms with Crippen molar-refractivity contribution in [3.05, 3.63) is 29.8 Å². The molecule has 1 aromatic carbocycles. The summed E-state index contributed by atoms with van der Waals surface area (Å²) in [7, 11) is 0. The molecule has 1 rings (SSSR count). The molecule has 0 aliphatic heterocycles. The summed E-state index contributed by atoms with van der Waals surface area (Å²) in [6.07, 6.45) is 1.22. The van der Waals surface area contributed by atoms with Crippen LogP contribution in [0, 0.1) is 0 Å². The van der Waals surface area contributed by atoms with Crippen molar-refractivity contribution in [2.75, 3.05) is 13.2 Å². The number of Topliss-reactive ketones (excluding diaryl/α,β-unsaturated/α-hetero) is 1. The fourth-order valence-electron chi connectivity index (χ4n) is 1.22. The van der Waals surface area contributed by atoms with Gasteiger partial charge in [0.05, 0.1) is 6.61 Å². The largest absolute Gasteiger partial charge is 0.493 e. The lowest BCUT2D eigenvalue weighted by Gasteiger charge is -2.06. The van der Waals surface area contributed by atoms with Crippen LogP contribution in [0.4, 0.5) is 0 Å². The lowest BCUT2D eigenvalue weighted by atomic mass is 10.2. The number of aliphatic hydroxyl groups excluding tert-OH is 1. The monoisotopic (exact) mass is 208 g/mol. The van der Waals surface area contributed by atoms with Gasteiger partial charge in [-0.1, -0.05) is 19.1 Å². The molecule has 0 bridgehead atoms. The summed E-state index contributed by atoms with van der Waals surface area (Å²) in [4.78, 5) is 10.8. The molecule has 82 valence electrons. The molecule has 3 nitrogen and oxygen atoms in total. The Bertz CT molecular complexity index is 320. The molecule has 0 unspecified atom stereocenters. The fourth-order valence-corrected chi connectivity index (χ4v) is 1.22. The van der Waals surface area contributed by atoms with E-state index < -0.39 is 6.61 Å². The predicted molar refractivity (Wildman–Crippen MR) is 58.0 cm³/mol. The van der Waals surface area contributed by atoms with Crippen molar-refractivity contribution in [3.8, 4) is 5.75 Å². The highest BCUT2D eigenvalue weighted by Gasteiger charge is 2.00. The molecule has 0 aromatic heterocycles. The van der Waals surface area contributed by atoms with Gasteiger partial charge in [0.25, 0.3) is 0 Å². The van der Waals surface area contributed by atoms with E-state index in [1.807, 2.05) is 24.3 Å². The first-order chi connectivity index (χ1) is 7.26. The lowest BCUT2D eigenvalue weighted by Crippen LogP contribution is -2.09. The van der Waals surface area contributed by atoms with E-state index in [0.29, 0.717) is 6.61 Å². The molecule has 0 saturated heterocycles. The van der Waals surface area contributed by atoms with Crippen molar-refractivity contribution in [1.29, 1.82) is 0 Å². The fraction of sp³-hybridized carbons (Fsp3) is 0.417. The molecule has 0 aliphatic carbocycles. The summed E-state index contributed by atoms with van der Waals surface area (Å²) >= 11 is 0. The third-order valence-corrected chi connectivity index (χ3v) is 2.13. The van der Waals surface area contributed by atoms with Crippen LogP contribution in [0.2, 0.25) is 0 Å². The minimum atomic E-state index is -0.404. The molecule has 0 spiro atoms. The first kappa shape index (κ1) is 11.7. The summed E-state index contributed by atoms with van der Waals surface area (Å²) in [5, 5.41) is 8.51. The average molecular weight is 208 g/mol. The summed E-state index contributed by atoms with van der Waals surface area (Å²) in [5.41, 5.74) is 1.21. The molecule has 1 aromatic rings. The van der Waals surface area contributed by atoms with Crippen LogP contribution in [-0.2, 0) is 11.2 Å².